The fraction of sp³-hybridized carbons (Fsp3) is 0.588. The quantitative estimate of drug-likeness (QED) is 0.768. The molecule has 2 heteroatoms. The third-order valence-corrected chi connectivity index (χ3v) is 4.48. The Bertz CT molecular complexity index is 391. The lowest BCUT2D eigenvalue weighted by Gasteiger charge is -2.33. The highest BCUT2D eigenvalue weighted by Gasteiger charge is 2.38. The van der Waals surface area contributed by atoms with Gasteiger partial charge < -0.3 is 5.11 Å². The first-order valence-corrected chi connectivity index (χ1v) is 7.50. The number of hydrogen-bond donors (Lipinski definition) is 1. The minimum atomic E-state index is -0.563. The van der Waals surface area contributed by atoms with E-state index in [1.807, 2.05) is 6.07 Å². The van der Waals surface area contributed by atoms with Gasteiger partial charge in [-0.1, -0.05) is 56.0 Å². The highest BCUT2D eigenvalue weighted by atomic mass is 16.4. The van der Waals surface area contributed by atoms with E-state index < -0.39 is 11.4 Å². The van der Waals surface area contributed by atoms with Gasteiger partial charge in [0.05, 0.1) is 5.41 Å². The van der Waals surface area contributed by atoms with Crippen LogP contribution in [0.3, 0.4) is 0 Å². The zero-order chi connectivity index (χ0) is 13.6. The van der Waals surface area contributed by atoms with E-state index in [0.29, 0.717) is 0 Å². The molecule has 19 heavy (non-hydrogen) atoms. The molecule has 0 radical (unpaired) electrons. The summed E-state index contributed by atoms with van der Waals surface area (Å²) in [7, 11) is 0. The number of rotatable bonds is 6. The van der Waals surface area contributed by atoms with Gasteiger partial charge in [0.1, 0.15) is 0 Å². The number of unbranched alkanes of at least 4 members (excludes halogenated alkanes) is 1. The van der Waals surface area contributed by atoms with Crippen molar-refractivity contribution in [3.05, 3.63) is 35.9 Å². The van der Waals surface area contributed by atoms with Crippen LogP contribution in [-0.4, -0.2) is 11.1 Å². The Morgan fingerprint density at radius 1 is 1.05 bits per heavy atom. The fourth-order valence-electron chi connectivity index (χ4n) is 3.24. The summed E-state index contributed by atoms with van der Waals surface area (Å²) in [4.78, 5) is 11.5. The molecule has 0 amide bonds. The number of hydrogen-bond acceptors (Lipinski definition) is 1. The van der Waals surface area contributed by atoms with E-state index >= 15 is 0 Å². The molecule has 0 atom stereocenters. The molecule has 0 aliphatic heterocycles. The summed E-state index contributed by atoms with van der Waals surface area (Å²) in [6, 6.07) is 10.5. The summed E-state index contributed by atoms with van der Waals surface area (Å²) in [5, 5.41) is 9.51. The summed E-state index contributed by atoms with van der Waals surface area (Å²) in [5.74, 6) is -0.563. The van der Waals surface area contributed by atoms with Crippen LogP contribution in [0.2, 0.25) is 0 Å². The van der Waals surface area contributed by atoms with Crippen LogP contribution in [-0.2, 0) is 11.2 Å². The standard InChI is InChI=1S/C17H24O2/c18-16(19)17(12-6-2-7-13-17)14-8-5-11-15-9-3-1-4-10-15/h1,3-4,9-10H,2,5-8,11-14H2,(H,18,19). The van der Waals surface area contributed by atoms with Gasteiger partial charge in [-0.15, -0.1) is 0 Å². The van der Waals surface area contributed by atoms with E-state index in [4.69, 9.17) is 0 Å². The molecule has 0 unspecified atom stereocenters. The Hall–Kier alpha value is -1.31. The van der Waals surface area contributed by atoms with Crippen molar-refractivity contribution < 1.29 is 9.90 Å². The van der Waals surface area contributed by atoms with Crippen molar-refractivity contribution in [3.8, 4) is 0 Å². The molecule has 2 nitrogen and oxygen atoms in total. The zero-order valence-electron chi connectivity index (χ0n) is 11.6. The smallest absolute Gasteiger partial charge is 0.309 e. The molecule has 0 heterocycles. The van der Waals surface area contributed by atoms with Gasteiger partial charge in [-0.25, -0.2) is 0 Å². The molecular weight excluding hydrogens is 236 g/mol. The maximum absolute atomic E-state index is 11.5. The Kier molecular flexibility index (Phi) is 5.00. The van der Waals surface area contributed by atoms with Gasteiger partial charge in [-0.05, 0) is 37.7 Å². The SMILES string of the molecule is O=C(O)C1(CCCCc2ccccc2)CCCCC1. The summed E-state index contributed by atoms with van der Waals surface area (Å²) >= 11 is 0. The summed E-state index contributed by atoms with van der Waals surface area (Å²) in [6.07, 6.45) is 9.20. The predicted octanol–water partition coefficient (Wildman–Crippen LogP) is 4.43. The van der Waals surface area contributed by atoms with Gasteiger partial charge in [0.25, 0.3) is 0 Å². The minimum absolute atomic E-state index is 0.408. The topological polar surface area (TPSA) is 37.3 Å². The lowest BCUT2D eigenvalue weighted by Crippen LogP contribution is -2.33. The Morgan fingerprint density at radius 2 is 1.74 bits per heavy atom. The van der Waals surface area contributed by atoms with E-state index in [2.05, 4.69) is 24.3 Å². The highest BCUT2D eigenvalue weighted by Crippen LogP contribution is 2.40. The third-order valence-electron chi connectivity index (χ3n) is 4.48. The van der Waals surface area contributed by atoms with Crippen LogP contribution in [0.15, 0.2) is 30.3 Å². The second-order valence-corrected chi connectivity index (χ2v) is 5.84. The van der Waals surface area contributed by atoms with Crippen molar-refractivity contribution in [3.63, 3.8) is 0 Å². The molecule has 1 aromatic carbocycles. The maximum Gasteiger partial charge on any atom is 0.309 e. The molecule has 1 N–H and O–H groups in total. The molecule has 1 fully saturated rings. The molecule has 104 valence electrons. The molecule has 1 aromatic rings. The van der Waals surface area contributed by atoms with Crippen molar-refractivity contribution >= 4 is 5.97 Å². The van der Waals surface area contributed by atoms with E-state index in [1.165, 1.54) is 12.0 Å². The van der Waals surface area contributed by atoms with Crippen molar-refractivity contribution in [1.29, 1.82) is 0 Å². The van der Waals surface area contributed by atoms with E-state index in [9.17, 15) is 9.90 Å². The number of aryl methyl sites for hydroxylation is 1. The Morgan fingerprint density at radius 3 is 2.37 bits per heavy atom. The van der Waals surface area contributed by atoms with Crippen LogP contribution in [0.5, 0.6) is 0 Å². The average molecular weight is 260 g/mol. The minimum Gasteiger partial charge on any atom is -0.481 e. The molecule has 1 aliphatic carbocycles. The number of carbonyl (C=O) groups is 1. The largest absolute Gasteiger partial charge is 0.481 e. The van der Waals surface area contributed by atoms with Crippen molar-refractivity contribution in [2.75, 3.05) is 0 Å². The van der Waals surface area contributed by atoms with Gasteiger partial charge in [-0.2, -0.15) is 0 Å². The lowest BCUT2D eigenvalue weighted by atomic mass is 9.71. The van der Waals surface area contributed by atoms with Gasteiger partial charge in [0.15, 0.2) is 0 Å². The van der Waals surface area contributed by atoms with Crippen molar-refractivity contribution in [2.24, 2.45) is 5.41 Å². The van der Waals surface area contributed by atoms with Crippen molar-refractivity contribution in [2.45, 2.75) is 57.8 Å². The molecule has 0 spiro atoms. The van der Waals surface area contributed by atoms with Gasteiger partial charge in [0, 0.05) is 0 Å². The molecule has 1 aliphatic rings. The molecule has 1 saturated carbocycles. The molecule has 2 rings (SSSR count). The molecule has 0 aromatic heterocycles. The van der Waals surface area contributed by atoms with Crippen LogP contribution in [0, 0.1) is 5.41 Å². The monoisotopic (exact) mass is 260 g/mol. The first-order valence-electron chi connectivity index (χ1n) is 7.50. The maximum atomic E-state index is 11.5. The van der Waals surface area contributed by atoms with E-state index in [-0.39, 0.29) is 0 Å². The number of benzene rings is 1. The Balaban J connectivity index is 1.78. The number of carboxylic acids is 1. The Labute approximate surface area is 115 Å². The second-order valence-electron chi connectivity index (χ2n) is 5.84. The van der Waals surface area contributed by atoms with Crippen LogP contribution in [0.1, 0.15) is 56.9 Å². The average Bonchev–Trinajstić information content (AvgIpc) is 2.46. The highest BCUT2D eigenvalue weighted by molar-refractivity contribution is 5.74. The van der Waals surface area contributed by atoms with Crippen LogP contribution in [0.4, 0.5) is 0 Å². The van der Waals surface area contributed by atoms with Crippen LogP contribution >= 0.6 is 0 Å². The molecule has 0 bridgehead atoms. The lowest BCUT2D eigenvalue weighted by molar-refractivity contribution is -0.151. The van der Waals surface area contributed by atoms with Gasteiger partial charge in [0.2, 0.25) is 0 Å². The summed E-state index contributed by atoms with van der Waals surface area (Å²) in [6.45, 7) is 0. The third kappa shape index (κ3) is 3.82. The first-order chi connectivity index (χ1) is 9.23. The molecule has 0 saturated heterocycles. The number of carboxylic acid groups (broad SMARTS) is 1. The fourth-order valence-corrected chi connectivity index (χ4v) is 3.24. The summed E-state index contributed by atoms with van der Waals surface area (Å²) < 4.78 is 0. The first kappa shape index (κ1) is 14.1. The van der Waals surface area contributed by atoms with Crippen molar-refractivity contribution in [1.82, 2.24) is 0 Å². The second kappa shape index (κ2) is 6.74. The van der Waals surface area contributed by atoms with Crippen LogP contribution < -0.4 is 0 Å². The van der Waals surface area contributed by atoms with Crippen LogP contribution in [0.25, 0.3) is 0 Å². The predicted molar refractivity (Wildman–Crippen MR) is 77.2 cm³/mol. The van der Waals surface area contributed by atoms with E-state index in [1.54, 1.807) is 0 Å². The van der Waals surface area contributed by atoms with E-state index in [0.717, 1.165) is 51.4 Å². The number of aliphatic carboxylic acids is 1. The summed E-state index contributed by atoms with van der Waals surface area (Å²) in [5.41, 5.74) is 0.949. The zero-order valence-corrected chi connectivity index (χ0v) is 11.6. The van der Waals surface area contributed by atoms with Gasteiger partial charge in [-0.3, -0.25) is 4.79 Å². The normalized spacial score (nSPS) is 18.1. The molecular formula is C17H24O2. The van der Waals surface area contributed by atoms with Gasteiger partial charge >= 0.3 is 5.97 Å².